The summed E-state index contributed by atoms with van der Waals surface area (Å²) in [7, 11) is 1.79. The number of nitrogens with one attached hydrogen (secondary N) is 2. The predicted molar refractivity (Wildman–Crippen MR) is 153 cm³/mol. The van der Waals surface area contributed by atoms with Gasteiger partial charge in [-0.1, -0.05) is 12.8 Å². The van der Waals surface area contributed by atoms with Crippen LogP contribution in [0.1, 0.15) is 63.8 Å². The van der Waals surface area contributed by atoms with Crippen LogP contribution < -0.4 is 10.6 Å². The summed E-state index contributed by atoms with van der Waals surface area (Å²) in [4.78, 5) is 18.9. The molecule has 5 N–H and O–H groups in total. The molecule has 2 aliphatic rings. The van der Waals surface area contributed by atoms with E-state index in [-0.39, 0.29) is 5.60 Å². The van der Waals surface area contributed by atoms with Crippen molar-refractivity contribution in [1.82, 2.24) is 19.9 Å². The zero-order chi connectivity index (χ0) is 27.9. The van der Waals surface area contributed by atoms with E-state index in [1.165, 1.54) is 24.2 Å². The van der Waals surface area contributed by atoms with Gasteiger partial charge in [0.2, 0.25) is 5.95 Å². The average Bonchev–Trinajstić information content (AvgIpc) is 3.59. The van der Waals surface area contributed by atoms with Gasteiger partial charge in [-0.05, 0) is 59.4 Å². The first kappa shape index (κ1) is 28.1. The molecule has 0 bridgehead atoms. The smallest absolute Gasteiger partial charge is 0.224 e. The number of methoxy groups -OCH3 is 1. The molecule has 11 heteroatoms. The van der Waals surface area contributed by atoms with Crippen LogP contribution in [-0.4, -0.2) is 78.4 Å². The minimum absolute atomic E-state index is 0.0911. The summed E-state index contributed by atoms with van der Waals surface area (Å²) >= 11 is 1.54. The first-order valence-electron chi connectivity index (χ1n) is 13.8. The Morgan fingerprint density at radius 1 is 1.10 bits per heavy atom. The quantitative estimate of drug-likeness (QED) is 0.264. The molecule has 5 rings (SSSR count). The van der Waals surface area contributed by atoms with Crippen molar-refractivity contribution in [2.24, 2.45) is 5.92 Å². The first-order chi connectivity index (χ1) is 18.5. The van der Waals surface area contributed by atoms with E-state index in [9.17, 15) is 15.3 Å². The number of hydrogen-bond donors (Lipinski definition) is 5. The molecule has 4 atom stereocenters. The maximum Gasteiger partial charge on any atom is 0.224 e. The lowest BCUT2D eigenvalue weighted by molar-refractivity contribution is -0.0601. The van der Waals surface area contributed by atoms with Crippen LogP contribution in [0.4, 0.5) is 11.8 Å². The summed E-state index contributed by atoms with van der Waals surface area (Å²) < 4.78 is 6.89. The van der Waals surface area contributed by atoms with Gasteiger partial charge in [0.1, 0.15) is 22.4 Å². The molecule has 0 saturated heterocycles. The second kappa shape index (κ2) is 10.9. The van der Waals surface area contributed by atoms with Gasteiger partial charge in [-0.3, -0.25) is 4.98 Å². The minimum Gasteiger partial charge on any atom is -0.390 e. The third kappa shape index (κ3) is 5.60. The van der Waals surface area contributed by atoms with Gasteiger partial charge in [0.25, 0.3) is 0 Å². The van der Waals surface area contributed by atoms with Crippen LogP contribution in [-0.2, 0) is 4.74 Å². The Morgan fingerprint density at radius 3 is 2.49 bits per heavy atom. The molecule has 0 aromatic carbocycles. The van der Waals surface area contributed by atoms with E-state index in [1.807, 2.05) is 19.9 Å². The van der Waals surface area contributed by atoms with Gasteiger partial charge < -0.3 is 30.7 Å². The summed E-state index contributed by atoms with van der Waals surface area (Å²) in [6.07, 6.45) is 5.40. The Labute approximate surface area is 233 Å². The van der Waals surface area contributed by atoms with E-state index in [0.717, 1.165) is 51.4 Å². The number of nitrogens with zero attached hydrogens (tertiary/aromatic N) is 4. The maximum absolute atomic E-state index is 10.9. The predicted octanol–water partition coefficient (Wildman–Crippen LogP) is 3.82. The first-order valence-corrected chi connectivity index (χ1v) is 14.6. The molecule has 0 radical (unpaired) electrons. The van der Waals surface area contributed by atoms with Crippen LogP contribution in [0.2, 0.25) is 0 Å². The van der Waals surface area contributed by atoms with Crippen molar-refractivity contribution in [3.63, 3.8) is 0 Å². The molecule has 3 aromatic heterocycles. The topological polar surface area (TPSA) is 146 Å². The number of aliphatic hydroxyl groups excluding tert-OH is 2. The van der Waals surface area contributed by atoms with Gasteiger partial charge >= 0.3 is 0 Å². The van der Waals surface area contributed by atoms with Crippen LogP contribution in [0, 0.1) is 19.8 Å². The Balaban J connectivity index is 1.47. The maximum atomic E-state index is 10.9. The minimum atomic E-state index is -1.14. The summed E-state index contributed by atoms with van der Waals surface area (Å²) in [5.74, 6) is 0.528. The normalized spacial score (nSPS) is 24.9. The number of aryl methyl sites for hydroxylation is 2. The van der Waals surface area contributed by atoms with Gasteiger partial charge in [0.15, 0.2) is 0 Å². The number of ether oxygens (including phenoxy) is 1. The van der Waals surface area contributed by atoms with E-state index in [4.69, 9.17) is 19.7 Å². The van der Waals surface area contributed by atoms with Crippen molar-refractivity contribution in [3.8, 4) is 10.6 Å². The Kier molecular flexibility index (Phi) is 7.82. The number of fused-ring (bicyclic) bond motifs is 1. The number of rotatable bonds is 9. The third-order valence-electron chi connectivity index (χ3n) is 8.52. The Morgan fingerprint density at radius 2 is 1.85 bits per heavy atom. The highest BCUT2D eigenvalue weighted by molar-refractivity contribution is 7.21. The standard InChI is InChI=1S/C28H40N6O4S/c1-15-20(25-33-21-16(2)29-12-8-19(21)39-25)24(32-18-14-17(27(3,4)37)22(35)23(18)36)34-26(31-15)30-13-11-28(38-5)9-6-7-10-28/h8,12,17-18,22-23,35-37H,6-7,9-11,13-14H2,1-5H3,(H2,30,31,32,34)/t17-,18+,22+,23-/m0/s1. The molecule has 0 unspecified atom stereocenters. The number of aromatic nitrogens is 4. The highest BCUT2D eigenvalue weighted by Crippen LogP contribution is 2.40. The molecule has 3 heterocycles. The molecule has 0 spiro atoms. The average molecular weight is 557 g/mol. The number of aliphatic hydroxyl groups is 3. The molecular formula is C28H40N6O4S. The molecule has 2 fully saturated rings. The fourth-order valence-electron chi connectivity index (χ4n) is 6.13. The molecule has 39 heavy (non-hydrogen) atoms. The van der Waals surface area contributed by atoms with Crippen LogP contribution >= 0.6 is 11.3 Å². The van der Waals surface area contributed by atoms with Crippen molar-refractivity contribution in [2.45, 2.75) is 95.7 Å². The number of hydrogen-bond acceptors (Lipinski definition) is 11. The van der Waals surface area contributed by atoms with Crippen molar-refractivity contribution in [1.29, 1.82) is 0 Å². The molecule has 10 nitrogen and oxygen atoms in total. The second-order valence-corrected chi connectivity index (χ2v) is 12.6. The molecule has 212 valence electrons. The second-order valence-electron chi connectivity index (χ2n) is 11.6. The number of anilines is 2. The SMILES string of the molecule is COC1(CCNc2nc(C)c(-c3nc4c(C)nccc4s3)c(N[C@@H]3C[C@H](C(C)(C)O)[C@@H](O)[C@H]3O)n2)CCCC1. The summed E-state index contributed by atoms with van der Waals surface area (Å²) in [5, 5.41) is 39.7. The van der Waals surface area contributed by atoms with Crippen molar-refractivity contribution >= 4 is 33.3 Å². The number of pyridine rings is 1. The lowest BCUT2D eigenvalue weighted by Crippen LogP contribution is -2.40. The van der Waals surface area contributed by atoms with E-state index in [0.29, 0.717) is 24.7 Å². The zero-order valence-electron chi connectivity index (χ0n) is 23.4. The van der Waals surface area contributed by atoms with E-state index < -0.39 is 29.8 Å². The van der Waals surface area contributed by atoms with Crippen LogP contribution in [0.25, 0.3) is 20.8 Å². The zero-order valence-corrected chi connectivity index (χ0v) is 24.2. The number of thiazole rings is 1. The fraction of sp³-hybridized carbons (Fsp3) is 0.643. The van der Waals surface area contributed by atoms with E-state index in [1.54, 1.807) is 27.2 Å². The summed E-state index contributed by atoms with van der Waals surface area (Å²) in [5.41, 5.74) is 1.95. The van der Waals surface area contributed by atoms with E-state index >= 15 is 0 Å². The molecule has 0 amide bonds. The Bertz CT molecular complexity index is 1320. The summed E-state index contributed by atoms with van der Waals surface area (Å²) in [6.45, 7) is 7.85. The van der Waals surface area contributed by atoms with Crippen molar-refractivity contribution < 1.29 is 20.1 Å². The van der Waals surface area contributed by atoms with Gasteiger partial charge in [-0.15, -0.1) is 11.3 Å². The Hall–Kier alpha value is -2.44. The highest BCUT2D eigenvalue weighted by Gasteiger charge is 2.48. The van der Waals surface area contributed by atoms with Crippen LogP contribution in [0.3, 0.4) is 0 Å². The molecule has 0 aliphatic heterocycles. The lowest BCUT2D eigenvalue weighted by Gasteiger charge is -2.28. The molecule has 2 aliphatic carbocycles. The van der Waals surface area contributed by atoms with Gasteiger partial charge in [0, 0.05) is 25.8 Å². The monoisotopic (exact) mass is 556 g/mol. The fourth-order valence-corrected chi connectivity index (χ4v) is 7.24. The van der Waals surface area contributed by atoms with Crippen molar-refractivity contribution in [2.75, 3.05) is 24.3 Å². The van der Waals surface area contributed by atoms with Crippen molar-refractivity contribution in [3.05, 3.63) is 23.7 Å². The van der Waals surface area contributed by atoms with Crippen LogP contribution in [0.15, 0.2) is 12.3 Å². The molecular weight excluding hydrogens is 516 g/mol. The lowest BCUT2D eigenvalue weighted by atomic mass is 9.88. The summed E-state index contributed by atoms with van der Waals surface area (Å²) in [6, 6.07) is 1.44. The van der Waals surface area contributed by atoms with Crippen LogP contribution in [0.5, 0.6) is 0 Å². The van der Waals surface area contributed by atoms with E-state index in [2.05, 4.69) is 15.6 Å². The molecule has 3 aromatic rings. The largest absolute Gasteiger partial charge is 0.390 e. The third-order valence-corrected chi connectivity index (χ3v) is 9.56. The van der Waals surface area contributed by atoms with Gasteiger partial charge in [-0.2, -0.15) is 4.98 Å². The highest BCUT2D eigenvalue weighted by atomic mass is 32.1. The van der Waals surface area contributed by atoms with Gasteiger partial charge in [0.05, 0.1) is 45.0 Å². The van der Waals surface area contributed by atoms with Gasteiger partial charge in [-0.25, -0.2) is 9.97 Å². The molecule has 2 saturated carbocycles.